The molecule has 5 rings (SSSR count). The predicted octanol–water partition coefficient (Wildman–Crippen LogP) is 6.65. The van der Waals surface area contributed by atoms with Crippen LogP contribution in [0.25, 0.3) is 28.2 Å². The van der Waals surface area contributed by atoms with Gasteiger partial charge in [0.25, 0.3) is 5.91 Å². The van der Waals surface area contributed by atoms with Crippen LogP contribution in [0.2, 0.25) is 15.1 Å². The van der Waals surface area contributed by atoms with Crippen LogP contribution in [0.4, 0.5) is 5.88 Å². The number of amides is 1. The lowest BCUT2D eigenvalue weighted by atomic mass is 10.0. The van der Waals surface area contributed by atoms with Crippen LogP contribution >= 0.6 is 34.8 Å². The number of halogens is 3. The van der Waals surface area contributed by atoms with Crippen LogP contribution in [0.5, 0.6) is 0 Å². The maximum atomic E-state index is 14.5. The van der Waals surface area contributed by atoms with Gasteiger partial charge in [-0.1, -0.05) is 58.7 Å². The minimum atomic E-state index is -1.09. The van der Waals surface area contributed by atoms with Gasteiger partial charge in [-0.05, 0) is 55.8 Å². The monoisotopic (exact) mass is 626 g/mol. The first-order valence-electron chi connectivity index (χ1n) is 12.9. The number of hydrogen-bond acceptors (Lipinski definition) is 6. The van der Waals surface area contributed by atoms with E-state index in [9.17, 15) is 14.4 Å². The van der Waals surface area contributed by atoms with E-state index in [2.05, 4.69) is 11.7 Å². The predicted molar refractivity (Wildman–Crippen MR) is 163 cm³/mol. The second kappa shape index (κ2) is 11.7. The number of hydrogen-bond donors (Lipinski definition) is 1. The average Bonchev–Trinajstić information content (AvgIpc) is 3.55. The van der Waals surface area contributed by atoms with Crippen molar-refractivity contribution in [3.05, 3.63) is 87.5 Å². The largest absolute Gasteiger partial charge is 0.478 e. The third kappa shape index (κ3) is 5.31. The molecule has 2 atom stereocenters. The fourth-order valence-corrected chi connectivity index (χ4v) is 6.41. The second-order valence-electron chi connectivity index (χ2n) is 9.95. The van der Waals surface area contributed by atoms with E-state index in [-0.39, 0.29) is 50.7 Å². The molecule has 1 amide bonds. The van der Waals surface area contributed by atoms with Crippen LogP contribution in [-0.2, 0) is 9.59 Å². The molecule has 9 nitrogen and oxygen atoms in total. The first kappa shape index (κ1) is 29.4. The summed E-state index contributed by atoms with van der Waals surface area (Å²) in [7, 11) is 0. The van der Waals surface area contributed by atoms with Gasteiger partial charge in [0.2, 0.25) is 11.8 Å². The number of carboxylic acids is 1. The highest BCUT2D eigenvalue weighted by Crippen LogP contribution is 2.42. The van der Waals surface area contributed by atoms with E-state index in [1.54, 1.807) is 35.4 Å². The Balaban J connectivity index is 1.69. The molecule has 0 spiro atoms. The molecule has 1 aliphatic heterocycles. The van der Waals surface area contributed by atoms with E-state index in [4.69, 9.17) is 44.4 Å². The van der Waals surface area contributed by atoms with Crippen molar-refractivity contribution in [3.63, 3.8) is 0 Å². The molecule has 0 radical (unpaired) electrons. The third-order valence-corrected chi connectivity index (χ3v) is 7.98. The zero-order valence-electron chi connectivity index (χ0n) is 22.6. The molecular formula is C30H25Cl3N4O5. The summed E-state index contributed by atoms with van der Waals surface area (Å²) in [5.41, 5.74) is 1.70. The Bertz CT molecular complexity index is 1740. The number of carbonyl (C=O) groups excluding carboxylic acids is 2. The van der Waals surface area contributed by atoms with Crippen molar-refractivity contribution in [3.8, 4) is 11.3 Å². The number of rotatable bonds is 6. The van der Waals surface area contributed by atoms with Crippen LogP contribution in [0, 0.1) is 0 Å². The first-order valence-corrected chi connectivity index (χ1v) is 14.0. The molecule has 42 heavy (non-hydrogen) atoms. The number of nitrogens with zero attached hydrogens (tertiary/aromatic N) is 4. The Morgan fingerprint density at radius 2 is 1.74 bits per heavy atom. The summed E-state index contributed by atoms with van der Waals surface area (Å²) in [6.45, 7) is 8.17. The van der Waals surface area contributed by atoms with Gasteiger partial charge in [-0.25, -0.2) is 4.79 Å². The van der Waals surface area contributed by atoms with Crippen LogP contribution in [0.1, 0.15) is 29.8 Å². The van der Waals surface area contributed by atoms with Gasteiger partial charge in [0.05, 0.1) is 15.6 Å². The molecule has 3 heterocycles. The van der Waals surface area contributed by atoms with Gasteiger partial charge in [-0.15, -0.1) is 0 Å². The summed E-state index contributed by atoms with van der Waals surface area (Å²) in [4.78, 5) is 41.6. The molecule has 0 aliphatic carbocycles. The van der Waals surface area contributed by atoms with Gasteiger partial charge in [-0.3, -0.25) is 14.2 Å². The molecule has 4 aromatic rings. The molecule has 2 aromatic carbocycles. The highest BCUT2D eigenvalue weighted by atomic mass is 35.5. The zero-order valence-corrected chi connectivity index (χ0v) is 24.8. The van der Waals surface area contributed by atoms with Gasteiger partial charge in [0, 0.05) is 53.4 Å². The molecule has 2 aromatic heterocycles. The quantitative estimate of drug-likeness (QED) is 0.238. The Kier molecular flexibility index (Phi) is 8.19. The zero-order chi connectivity index (χ0) is 30.3. The van der Waals surface area contributed by atoms with Crippen molar-refractivity contribution >= 4 is 75.4 Å². The SMILES string of the molecule is C=CC(=O)N1C[C@@H](C)N(c2onc(-c3c(Cl)cc(Cl)cc3Cl)c2C(=O)n2ccc3c(/C=C/C(=O)O)cccc32)[C@@H](C)C1. The van der Waals surface area contributed by atoms with Gasteiger partial charge < -0.3 is 19.4 Å². The van der Waals surface area contributed by atoms with E-state index in [0.29, 0.717) is 34.6 Å². The summed E-state index contributed by atoms with van der Waals surface area (Å²) in [5.74, 6) is -1.54. The van der Waals surface area contributed by atoms with Crippen molar-refractivity contribution < 1.29 is 24.0 Å². The molecule has 1 fully saturated rings. The Morgan fingerprint density at radius 1 is 1.07 bits per heavy atom. The van der Waals surface area contributed by atoms with E-state index in [0.717, 1.165) is 6.08 Å². The van der Waals surface area contributed by atoms with Gasteiger partial charge >= 0.3 is 5.97 Å². The number of aliphatic carboxylic acids is 1. The first-order chi connectivity index (χ1) is 20.0. The van der Waals surface area contributed by atoms with Crippen molar-refractivity contribution in [1.29, 1.82) is 0 Å². The standard InChI is InChI=1S/C30H25Cl3N4O5/c1-4-24(38)35-14-16(2)37(17(3)15-35)30-27(28(34-42-30)26-21(32)12-19(31)13-22(26)33)29(41)36-11-10-20-18(8-9-25(39)40)6-5-7-23(20)36/h4-13,16-17H,1,14-15H2,2-3H3,(H,39,40)/b9-8+/t16-,17+. The van der Waals surface area contributed by atoms with Crippen LogP contribution in [0.3, 0.4) is 0 Å². The summed E-state index contributed by atoms with van der Waals surface area (Å²) in [6, 6.07) is 9.48. The lowest BCUT2D eigenvalue weighted by molar-refractivity contribution is -0.131. The van der Waals surface area contributed by atoms with Gasteiger partial charge in [-0.2, -0.15) is 0 Å². The summed E-state index contributed by atoms with van der Waals surface area (Å²) >= 11 is 19.3. The normalized spacial score (nSPS) is 17.3. The third-order valence-electron chi connectivity index (χ3n) is 7.16. The number of benzene rings is 2. The van der Waals surface area contributed by atoms with Crippen molar-refractivity contribution in [2.45, 2.75) is 25.9 Å². The summed E-state index contributed by atoms with van der Waals surface area (Å²) < 4.78 is 7.35. The molecule has 1 saturated heterocycles. The molecule has 0 saturated carbocycles. The molecule has 216 valence electrons. The molecular weight excluding hydrogens is 603 g/mol. The van der Waals surface area contributed by atoms with Crippen molar-refractivity contribution in [2.24, 2.45) is 0 Å². The highest BCUT2D eigenvalue weighted by Gasteiger charge is 2.38. The molecule has 0 unspecified atom stereocenters. The van der Waals surface area contributed by atoms with Crippen molar-refractivity contribution in [2.75, 3.05) is 18.0 Å². The van der Waals surface area contributed by atoms with E-state index in [1.807, 2.05) is 18.7 Å². The topological polar surface area (TPSA) is 109 Å². The lowest BCUT2D eigenvalue weighted by Crippen LogP contribution is -2.58. The number of anilines is 1. The lowest BCUT2D eigenvalue weighted by Gasteiger charge is -2.44. The summed E-state index contributed by atoms with van der Waals surface area (Å²) in [5, 5.41) is 14.7. The molecule has 12 heteroatoms. The van der Waals surface area contributed by atoms with E-state index < -0.39 is 11.9 Å². The summed E-state index contributed by atoms with van der Waals surface area (Å²) in [6.07, 6.45) is 5.38. The van der Waals surface area contributed by atoms with Gasteiger partial charge in [0.15, 0.2) is 0 Å². The Labute approximate surface area is 256 Å². The van der Waals surface area contributed by atoms with Gasteiger partial charge in [0.1, 0.15) is 11.3 Å². The number of piperazine rings is 1. The van der Waals surface area contributed by atoms with Crippen LogP contribution in [0.15, 0.2) is 65.8 Å². The molecule has 1 N–H and O–H groups in total. The van der Waals surface area contributed by atoms with E-state index >= 15 is 0 Å². The number of fused-ring (bicyclic) bond motifs is 1. The minimum Gasteiger partial charge on any atom is -0.478 e. The van der Waals surface area contributed by atoms with Crippen LogP contribution < -0.4 is 4.90 Å². The number of carbonyl (C=O) groups is 3. The molecule has 0 bridgehead atoms. The maximum absolute atomic E-state index is 14.5. The fourth-order valence-electron chi connectivity index (χ4n) is 5.42. The smallest absolute Gasteiger partial charge is 0.328 e. The fraction of sp³-hybridized carbons (Fsp3) is 0.200. The highest BCUT2D eigenvalue weighted by molar-refractivity contribution is 6.42. The number of carboxylic acid groups (broad SMARTS) is 1. The molecule has 1 aliphatic rings. The number of aromatic nitrogens is 2. The van der Waals surface area contributed by atoms with Crippen LogP contribution in [-0.4, -0.2) is 62.7 Å². The maximum Gasteiger partial charge on any atom is 0.328 e. The second-order valence-corrected chi connectivity index (χ2v) is 11.2. The average molecular weight is 628 g/mol. The Hall–Kier alpha value is -4.05. The minimum absolute atomic E-state index is 0.118. The Morgan fingerprint density at radius 3 is 2.36 bits per heavy atom. The van der Waals surface area contributed by atoms with E-state index in [1.165, 1.54) is 28.9 Å². The van der Waals surface area contributed by atoms with Crippen molar-refractivity contribution in [1.82, 2.24) is 14.6 Å².